The minimum Gasteiger partial charge on any atom is -0.374 e. The van der Waals surface area contributed by atoms with E-state index in [0.29, 0.717) is 12.6 Å². The largest absolute Gasteiger partial charge is 0.374 e. The Kier molecular flexibility index (Phi) is 4.72. The Morgan fingerprint density at radius 2 is 2.39 bits per heavy atom. The number of likely N-dealkylation sites (N-methyl/N-ethyl adjacent to an activating group) is 1. The van der Waals surface area contributed by atoms with E-state index in [0.717, 1.165) is 30.1 Å². The summed E-state index contributed by atoms with van der Waals surface area (Å²) in [5, 5.41) is 3.24. The lowest BCUT2D eigenvalue weighted by Gasteiger charge is -2.31. The van der Waals surface area contributed by atoms with Gasteiger partial charge in [-0.3, -0.25) is 4.90 Å². The van der Waals surface area contributed by atoms with Crippen molar-refractivity contribution < 1.29 is 4.74 Å². The monoisotopic (exact) mass is 269 g/mol. The fourth-order valence-electron chi connectivity index (χ4n) is 2.59. The number of hydrogen-bond acceptors (Lipinski definition) is 5. The Balaban J connectivity index is 1.95. The highest BCUT2D eigenvalue weighted by Gasteiger charge is 2.31. The first-order chi connectivity index (χ1) is 8.60. The van der Waals surface area contributed by atoms with Crippen LogP contribution in [0.15, 0.2) is 5.38 Å². The zero-order valence-electron chi connectivity index (χ0n) is 11.4. The van der Waals surface area contributed by atoms with Crippen LogP contribution in [-0.4, -0.2) is 41.7 Å². The minimum atomic E-state index is 0.273. The van der Waals surface area contributed by atoms with Crippen molar-refractivity contribution in [3.8, 4) is 0 Å². The van der Waals surface area contributed by atoms with Gasteiger partial charge in [0.2, 0.25) is 0 Å². The lowest BCUT2D eigenvalue weighted by atomic mass is 10.1. The van der Waals surface area contributed by atoms with Crippen LogP contribution >= 0.6 is 11.3 Å². The van der Waals surface area contributed by atoms with E-state index in [4.69, 9.17) is 10.5 Å². The molecule has 2 N–H and O–H groups in total. The van der Waals surface area contributed by atoms with Gasteiger partial charge in [-0.2, -0.15) is 0 Å². The summed E-state index contributed by atoms with van der Waals surface area (Å²) in [6, 6.07) is 0.289. The highest BCUT2D eigenvalue weighted by Crippen LogP contribution is 2.24. The lowest BCUT2D eigenvalue weighted by molar-refractivity contribution is 0.000609. The number of thiazole rings is 1. The normalized spacial score (nSPS) is 25.8. The van der Waals surface area contributed by atoms with Gasteiger partial charge in [0.25, 0.3) is 0 Å². The first-order valence-electron chi connectivity index (χ1n) is 6.57. The fourth-order valence-corrected chi connectivity index (χ4v) is 3.19. The van der Waals surface area contributed by atoms with Gasteiger partial charge in [0, 0.05) is 24.5 Å². The van der Waals surface area contributed by atoms with Gasteiger partial charge in [0.1, 0.15) is 0 Å². The molecule has 18 heavy (non-hydrogen) atoms. The van der Waals surface area contributed by atoms with Crippen LogP contribution in [0.2, 0.25) is 0 Å². The molecule has 0 aromatic carbocycles. The van der Waals surface area contributed by atoms with Crippen molar-refractivity contribution in [2.45, 2.75) is 51.5 Å². The van der Waals surface area contributed by atoms with E-state index in [1.54, 1.807) is 11.3 Å². The van der Waals surface area contributed by atoms with E-state index >= 15 is 0 Å². The second kappa shape index (κ2) is 6.10. The second-order valence-electron chi connectivity index (χ2n) is 5.14. The SMILES string of the molecule is Cc1nc(CN(C)C(CN)C2CCC(C)O2)cs1. The summed E-state index contributed by atoms with van der Waals surface area (Å²) in [5.74, 6) is 0. The molecule has 1 aromatic heterocycles. The van der Waals surface area contributed by atoms with Crippen LogP contribution in [0.1, 0.15) is 30.5 Å². The Bertz CT molecular complexity index is 382. The summed E-state index contributed by atoms with van der Waals surface area (Å²) in [6.45, 7) is 5.66. The number of aromatic nitrogens is 1. The molecule has 2 rings (SSSR count). The van der Waals surface area contributed by atoms with E-state index in [1.807, 2.05) is 6.92 Å². The minimum absolute atomic E-state index is 0.273. The summed E-state index contributed by atoms with van der Waals surface area (Å²) in [6.07, 6.45) is 2.91. The summed E-state index contributed by atoms with van der Waals surface area (Å²) >= 11 is 1.70. The molecule has 0 aliphatic carbocycles. The zero-order chi connectivity index (χ0) is 13.1. The molecule has 102 valence electrons. The van der Waals surface area contributed by atoms with Crippen LogP contribution in [0.25, 0.3) is 0 Å². The molecule has 0 amide bonds. The molecule has 1 fully saturated rings. The summed E-state index contributed by atoms with van der Waals surface area (Å²) in [7, 11) is 2.11. The van der Waals surface area contributed by atoms with Gasteiger partial charge >= 0.3 is 0 Å². The highest BCUT2D eigenvalue weighted by molar-refractivity contribution is 7.09. The summed E-state index contributed by atoms with van der Waals surface area (Å²) in [4.78, 5) is 6.78. The van der Waals surface area contributed by atoms with Crippen molar-refractivity contribution >= 4 is 11.3 Å². The molecule has 1 aliphatic rings. The average Bonchev–Trinajstić information content (AvgIpc) is 2.89. The third-order valence-electron chi connectivity index (χ3n) is 3.58. The molecular weight excluding hydrogens is 246 g/mol. The van der Waals surface area contributed by atoms with Gasteiger partial charge in [-0.1, -0.05) is 0 Å². The lowest BCUT2D eigenvalue weighted by Crippen LogP contribution is -2.46. The van der Waals surface area contributed by atoms with Gasteiger partial charge in [-0.05, 0) is 33.7 Å². The van der Waals surface area contributed by atoms with Gasteiger partial charge in [0.05, 0.1) is 22.9 Å². The zero-order valence-corrected chi connectivity index (χ0v) is 12.2. The molecule has 5 heteroatoms. The van der Waals surface area contributed by atoms with Crippen molar-refractivity contribution in [3.63, 3.8) is 0 Å². The quantitative estimate of drug-likeness (QED) is 0.885. The van der Waals surface area contributed by atoms with Crippen LogP contribution in [0.5, 0.6) is 0 Å². The van der Waals surface area contributed by atoms with Crippen molar-refractivity contribution in [1.29, 1.82) is 0 Å². The van der Waals surface area contributed by atoms with Crippen LogP contribution in [0.4, 0.5) is 0 Å². The summed E-state index contributed by atoms with van der Waals surface area (Å²) in [5.41, 5.74) is 7.05. The molecule has 4 nitrogen and oxygen atoms in total. The predicted molar refractivity (Wildman–Crippen MR) is 74.7 cm³/mol. The molecular formula is C13H23N3OS. The molecule has 1 aromatic rings. The maximum Gasteiger partial charge on any atom is 0.0897 e. The van der Waals surface area contributed by atoms with Crippen molar-refractivity contribution in [2.75, 3.05) is 13.6 Å². The number of ether oxygens (including phenoxy) is 1. The molecule has 0 saturated carbocycles. The maximum atomic E-state index is 5.94. The molecule has 3 unspecified atom stereocenters. The van der Waals surface area contributed by atoms with E-state index in [9.17, 15) is 0 Å². The molecule has 2 heterocycles. The Labute approximate surface area is 113 Å². The maximum absolute atomic E-state index is 5.94. The van der Waals surface area contributed by atoms with E-state index in [-0.39, 0.29) is 12.1 Å². The van der Waals surface area contributed by atoms with Gasteiger partial charge in [0.15, 0.2) is 0 Å². The van der Waals surface area contributed by atoms with Crippen LogP contribution in [0, 0.1) is 6.92 Å². The molecule has 1 saturated heterocycles. The first kappa shape index (κ1) is 13.9. The fraction of sp³-hybridized carbons (Fsp3) is 0.769. The van der Waals surface area contributed by atoms with E-state index in [2.05, 4.69) is 29.2 Å². The van der Waals surface area contributed by atoms with Crippen LogP contribution in [0.3, 0.4) is 0 Å². The van der Waals surface area contributed by atoms with Crippen LogP contribution in [-0.2, 0) is 11.3 Å². The third-order valence-corrected chi connectivity index (χ3v) is 4.40. The van der Waals surface area contributed by atoms with E-state index in [1.165, 1.54) is 0 Å². The van der Waals surface area contributed by atoms with Gasteiger partial charge in [-0.25, -0.2) is 4.98 Å². The number of aryl methyl sites for hydroxylation is 1. The van der Waals surface area contributed by atoms with Crippen molar-refractivity contribution in [2.24, 2.45) is 5.73 Å². The number of nitrogens with zero attached hydrogens (tertiary/aromatic N) is 2. The molecule has 1 aliphatic heterocycles. The smallest absolute Gasteiger partial charge is 0.0897 e. The second-order valence-corrected chi connectivity index (χ2v) is 6.20. The number of hydrogen-bond donors (Lipinski definition) is 1. The standard InChI is InChI=1S/C13H23N3OS/c1-9-4-5-13(17-9)12(6-14)16(3)7-11-8-18-10(2)15-11/h8-9,12-13H,4-7,14H2,1-3H3. The summed E-state index contributed by atoms with van der Waals surface area (Å²) < 4.78 is 5.94. The van der Waals surface area contributed by atoms with Crippen LogP contribution < -0.4 is 5.73 Å². The number of rotatable bonds is 5. The average molecular weight is 269 g/mol. The highest BCUT2D eigenvalue weighted by atomic mass is 32.1. The Hall–Kier alpha value is -0.490. The first-order valence-corrected chi connectivity index (χ1v) is 7.45. The Morgan fingerprint density at radius 3 is 2.89 bits per heavy atom. The molecule has 0 bridgehead atoms. The number of nitrogens with two attached hydrogens (primary N) is 1. The van der Waals surface area contributed by atoms with Crippen molar-refractivity contribution in [1.82, 2.24) is 9.88 Å². The Morgan fingerprint density at radius 1 is 1.61 bits per heavy atom. The molecule has 0 spiro atoms. The predicted octanol–water partition coefficient (Wildman–Crippen LogP) is 1.78. The van der Waals surface area contributed by atoms with Gasteiger partial charge in [-0.15, -0.1) is 11.3 Å². The van der Waals surface area contributed by atoms with E-state index < -0.39 is 0 Å². The van der Waals surface area contributed by atoms with Crippen molar-refractivity contribution in [3.05, 3.63) is 16.1 Å². The van der Waals surface area contributed by atoms with Gasteiger partial charge < -0.3 is 10.5 Å². The molecule has 0 radical (unpaired) electrons. The topological polar surface area (TPSA) is 51.4 Å². The molecule has 3 atom stereocenters. The third kappa shape index (κ3) is 3.29.